The Hall–Kier alpha value is -1.72. The maximum Gasteiger partial charge on any atom is 0.234 e. The highest BCUT2D eigenvalue weighted by molar-refractivity contribution is 8.00. The molecule has 104 valence electrons. The Kier molecular flexibility index (Phi) is 4.87. The standard InChI is InChI=1S/C14H12ClFN2OS/c15-9-4-3-6-11(17)14(9)20-8-13(19)18-12-7-2-1-5-10(12)16/h1-7H,8,17H2,(H,18,19). The zero-order valence-electron chi connectivity index (χ0n) is 10.4. The molecular weight excluding hydrogens is 299 g/mol. The van der Waals surface area contributed by atoms with Gasteiger partial charge in [0.15, 0.2) is 0 Å². The number of anilines is 2. The van der Waals surface area contributed by atoms with Crippen molar-refractivity contribution in [3.05, 3.63) is 53.3 Å². The van der Waals surface area contributed by atoms with Crippen LogP contribution in [-0.4, -0.2) is 11.7 Å². The number of nitrogens with two attached hydrogens (primary N) is 1. The van der Waals surface area contributed by atoms with Crippen LogP contribution in [0.1, 0.15) is 0 Å². The van der Waals surface area contributed by atoms with Crippen LogP contribution in [0.15, 0.2) is 47.4 Å². The lowest BCUT2D eigenvalue weighted by Gasteiger charge is -2.08. The molecule has 3 nitrogen and oxygen atoms in total. The number of rotatable bonds is 4. The first-order valence-corrected chi connectivity index (χ1v) is 7.15. The molecule has 0 spiro atoms. The molecule has 0 heterocycles. The van der Waals surface area contributed by atoms with E-state index in [-0.39, 0.29) is 17.3 Å². The van der Waals surface area contributed by atoms with Gasteiger partial charge in [0.2, 0.25) is 5.91 Å². The number of nitrogens with one attached hydrogen (secondary N) is 1. The van der Waals surface area contributed by atoms with Crippen molar-refractivity contribution in [1.29, 1.82) is 0 Å². The first kappa shape index (κ1) is 14.7. The van der Waals surface area contributed by atoms with Gasteiger partial charge in [-0.15, -0.1) is 11.8 Å². The third kappa shape index (κ3) is 3.65. The molecule has 0 atom stereocenters. The van der Waals surface area contributed by atoms with Crippen molar-refractivity contribution in [2.24, 2.45) is 0 Å². The lowest BCUT2D eigenvalue weighted by molar-refractivity contribution is -0.113. The molecule has 0 radical (unpaired) electrons. The Balaban J connectivity index is 1.98. The summed E-state index contributed by atoms with van der Waals surface area (Å²) in [6.07, 6.45) is 0. The summed E-state index contributed by atoms with van der Waals surface area (Å²) in [5.74, 6) is -0.690. The lowest BCUT2D eigenvalue weighted by Crippen LogP contribution is -2.15. The fourth-order valence-electron chi connectivity index (χ4n) is 1.56. The maximum atomic E-state index is 13.4. The van der Waals surface area contributed by atoms with Crippen LogP contribution in [0.5, 0.6) is 0 Å². The van der Waals surface area contributed by atoms with Gasteiger partial charge in [0.1, 0.15) is 5.82 Å². The summed E-state index contributed by atoms with van der Waals surface area (Å²) in [6.45, 7) is 0. The van der Waals surface area contributed by atoms with Gasteiger partial charge in [-0.2, -0.15) is 0 Å². The molecule has 2 aromatic rings. The summed E-state index contributed by atoms with van der Waals surface area (Å²) >= 11 is 7.22. The average Bonchev–Trinajstić information content (AvgIpc) is 2.41. The Morgan fingerprint density at radius 1 is 1.25 bits per heavy atom. The minimum Gasteiger partial charge on any atom is -0.398 e. The number of benzene rings is 2. The largest absolute Gasteiger partial charge is 0.398 e. The van der Waals surface area contributed by atoms with Gasteiger partial charge in [0.25, 0.3) is 0 Å². The average molecular weight is 311 g/mol. The van der Waals surface area contributed by atoms with Crippen LogP contribution in [0.25, 0.3) is 0 Å². The second-order valence-electron chi connectivity index (χ2n) is 3.97. The first-order valence-electron chi connectivity index (χ1n) is 5.79. The van der Waals surface area contributed by atoms with E-state index in [9.17, 15) is 9.18 Å². The number of thioether (sulfide) groups is 1. The van der Waals surface area contributed by atoms with Gasteiger partial charge >= 0.3 is 0 Å². The lowest BCUT2D eigenvalue weighted by atomic mass is 10.3. The highest BCUT2D eigenvalue weighted by Gasteiger charge is 2.10. The molecule has 0 saturated carbocycles. The van der Waals surface area contributed by atoms with Crippen molar-refractivity contribution >= 4 is 40.6 Å². The molecule has 0 unspecified atom stereocenters. The van der Waals surface area contributed by atoms with E-state index in [0.717, 1.165) is 0 Å². The molecule has 0 aliphatic carbocycles. The monoisotopic (exact) mass is 310 g/mol. The fraction of sp³-hybridized carbons (Fsp3) is 0.0714. The summed E-state index contributed by atoms with van der Waals surface area (Å²) in [4.78, 5) is 12.4. The topological polar surface area (TPSA) is 55.1 Å². The van der Waals surface area contributed by atoms with Gasteiger partial charge in [-0.05, 0) is 24.3 Å². The normalized spacial score (nSPS) is 10.3. The predicted octanol–water partition coefficient (Wildman–Crippen LogP) is 3.79. The molecule has 0 aromatic heterocycles. The fourth-order valence-corrected chi connectivity index (χ4v) is 2.70. The number of nitrogen functional groups attached to an aromatic ring is 1. The second kappa shape index (κ2) is 6.63. The number of hydrogen-bond acceptors (Lipinski definition) is 3. The summed E-state index contributed by atoms with van der Waals surface area (Å²) in [7, 11) is 0. The van der Waals surface area contributed by atoms with Gasteiger partial charge in [0, 0.05) is 10.6 Å². The van der Waals surface area contributed by atoms with Crippen LogP contribution in [-0.2, 0) is 4.79 Å². The number of para-hydroxylation sites is 1. The van der Waals surface area contributed by atoms with Crippen molar-refractivity contribution in [3.63, 3.8) is 0 Å². The summed E-state index contributed by atoms with van der Waals surface area (Å²) in [6, 6.07) is 11.2. The van der Waals surface area contributed by atoms with E-state index in [1.54, 1.807) is 30.3 Å². The van der Waals surface area contributed by atoms with Crippen LogP contribution < -0.4 is 11.1 Å². The molecule has 3 N–H and O–H groups in total. The van der Waals surface area contributed by atoms with E-state index >= 15 is 0 Å². The van der Waals surface area contributed by atoms with Crippen LogP contribution >= 0.6 is 23.4 Å². The van der Waals surface area contributed by atoms with Crippen LogP contribution in [0.3, 0.4) is 0 Å². The van der Waals surface area contributed by atoms with Crippen molar-refractivity contribution < 1.29 is 9.18 Å². The smallest absolute Gasteiger partial charge is 0.234 e. The van der Waals surface area contributed by atoms with E-state index in [1.807, 2.05) is 0 Å². The number of carbonyl (C=O) groups excluding carboxylic acids is 1. The minimum atomic E-state index is -0.469. The third-order valence-electron chi connectivity index (χ3n) is 2.49. The zero-order valence-corrected chi connectivity index (χ0v) is 12.0. The van der Waals surface area contributed by atoms with Crippen LogP contribution in [0.2, 0.25) is 5.02 Å². The molecule has 2 rings (SSSR count). The Morgan fingerprint density at radius 2 is 2.00 bits per heavy atom. The Bertz CT molecular complexity index is 616. The van der Waals surface area contributed by atoms with E-state index in [2.05, 4.69) is 5.32 Å². The zero-order chi connectivity index (χ0) is 14.5. The highest BCUT2D eigenvalue weighted by atomic mass is 35.5. The van der Waals surface area contributed by atoms with E-state index < -0.39 is 5.82 Å². The number of halogens is 2. The Labute approximate surface area is 125 Å². The molecule has 0 fully saturated rings. The molecular formula is C14H12ClFN2OS. The third-order valence-corrected chi connectivity index (χ3v) is 4.07. The Morgan fingerprint density at radius 3 is 2.70 bits per heavy atom. The molecule has 1 amide bonds. The first-order chi connectivity index (χ1) is 9.58. The van der Waals surface area contributed by atoms with Gasteiger partial charge in [-0.25, -0.2) is 4.39 Å². The molecule has 0 aliphatic rings. The minimum absolute atomic E-state index is 0.0995. The van der Waals surface area contributed by atoms with Crippen molar-refractivity contribution in [2.45, 2.75) is 4.90 Å². The maximum absolute atomic E-state index is 13.4. The number of hydrogen-bond donors (Lipinski definition) is 2. The van der Waals surface area contributed by atoms with Gasteiger partial charge in [-0.3, -0.25) is 4.79 Å². The quantitative estimate of drug-likeness (QED) is 0.667. The molecule has 0 saturated heterocycles. The van der Waals surface area contributed by atoms with Crippen LogP contribution in [0.4, 0.5) is 15.8 Å². The van der Waals surface area contributed by atoms with E-state index in [0.29, 0.717) is 15.6 Å². The van der Waals surface area contributed by atoms with Crippen LogP contribution in [0, 0.1) is 5.82 Å². The van der Waals surface area contributed by atoms with Crippen molar-refractivity contribution in [2.75, 3.05) is 16.8 Å². The molecule has 0 bridgehead atoms. The highest BCUT2D eigenvalue weighted by Crippen LogP contribution is 2.32. The van der Waals surface area contributed by atoms with Crippen molar-refractivity contribution in [3.8, 4) is 0 Å². The van der Waals surface area contributed by atoms with Crippen molar-refractivity contribution in [1.82, 2.24) is 0 Å². The summed E-state index contributed by atoms with van der Waals surface area (Å²) < 4.78 is 13.4. The van der Waals surface area contributed by atoms with E-state index in [1.165, 1.54) is 23.9 Å². The van der Waals surface area contributed by atoms with Gasteiger partial charge in [-0.1, -0.05) is 29.8 Å². The van der Waals surface area contributed by atoms with Gasteiger partial charge in [0.05, 0.1) is 16.5 Å². The number of carbonyl (C=O) groups is 1. The number of amides is 1. The molecule has 0 aliphatic heterocycles. The molecule has 2 aromatic carbocycles. The molecule has 6 heteroatoms. The second-order valence-corrected chi connectivity index (χ2v) is 5.37. The van der Waals surface area contributed by atoms with E-state index in [4.69, 9.17) is 17.3 Å². The summed E-state index contributed by atoms with van der Waals surface area (Å²) in [5, 5.41) is 2.99. The SMILES string of the molecule is Nc1cccc(Cl)c1SCC(=O)Nc1ccccc1F. The summed E-state index contributed by atoms with van der Waals surface area (Å²) in [5.41, 5.74) is 6.46. The predicted molar refractivity (Wildman–Crippen MR) is 81.6 cm³/mol. The van der Waals surface area contributed by atoms with Gasteiger partial charge < -0.3 is 11.1 Å². The molecule has 20 heavy (non-hydrogen) atoms.